The number of piperidine rings is 1. The highest BCUT2D eigenvalue weighted by molar-refractivity contribution is 9.10. The smallest absolute Gasteiger partial charge is 0.235 e. The maximum atomic E-state index is 11.9. The third kappa shape index (κ3) is 4.18. The van der Waals surface area contributed by atoms with E-state index < -0.39 is 10.0 Å². The molecule has 2 N–H and O–H groups in total. The van der Waals surface area contributed by atoms with Crippen molar-refractivity contribution in [3.63, 3.8) is 0 Å². The number of nitrogens with zero attached hydrogens (tertiary/aromatic N) is 2. The van der Waals surface area contributed by atoms with Crippen LogP contribution in [0.1, 0.15) is 19.3 Å². The van der Waals surface area contributed by atoms with Crippen LogP contribution < -0.4 is 10.0 Å². The molecule has 1 aliphatic rings. The normalized spacial score (nSPS) is 20.6. The first-order valence-corrected chi connectivity index (χ1v) is 8.21. The van der Waals surface area contributed by atoms with Gasteiger partial charge in [-0.15, -0.1) is 0 Å². The molecule has 1 saturated heterocycles. The van der Waals surface area contributed by atoms with Crippen LogP contribution in [0.25, 0.3) is 0 Å². The second-order valence-electron chi connectivity index (χ2n) is 4.25. The Kier molecular flexibility index (Phi) is 4.52. The average Bonchev–Trinajstić information content (AvgIpc) is 2.32. The first kappa shape index (κ1) is 13.7. The number of aromatic nitrogens is 2. The molecule has 1 atom stereocenters. The number of nitrogens with one attached hydrogen (secondary N) is 2. The van der Waals surface area contributed by atoms with E-state index in [2.05, 4.69) is 35.9 Å². The zero-order valence-electron chi connectivity index (χ0n) is 9.76. The molecule has 2 heterocycles. The fourth-order valence-corrected chi connectivity index (χ4v) is 3.42. The number of sulfonamides is 1. The van der Waals surface area contributed by atoms with E-state index in [4.69, 9.17) is 0 Å². The van der Waals surface area contributed by atoms with Crippen molar-refractivity contribution in [2.45, 2.75) is 25.3 Å². The summed E-state index contributed by atoms with van der Waals surface area (Å²) in [4.78, 5) is 7.86. The minimum atomic E-state index is -3.38. The first-order chi connectivity index (χ1) is 8.55. The molecule has 0 aliphatic carbocycles. The van der Waals surface area contributed by atoms with Gasteiger partial charge in [0.05, 0.1) is 18.1 Å². The van der Waals surface area contributed by atoms with Crippen LogP contribution in [0.2, 0.25) is 0 Å². The van der Waals surface area contributed by atoms with Crippen LogP contribution in [0.15, 0.2) is 17.0 Å². The van der Waals surface area contributed by atoms with Gasteiger partial charge in [-0.05, 0) is 35.3 Å². The molecule has 1 aromatic rings. The molecule has 0 amide bonds. The molecular weight excluding hydrogens is 320 g/mol. The van der Waals surface area contributed by atoms with E-state index in [1.54, 1.807) is 0 Å². The van der Waals surface area contributed by atoms with Gasteiger partial charge in [0.2, 0.25) is 10.0 Å². The SMILES string of the molecule is O=S(=O)(CC1CCCCN1)Nc1cnc(Br)cn1. The lowest BCUT2D eigenvalue weighted by Gasteiger charge is -2.23. The van der Waals surface area contributed by atoms with E-state index in [0.717, 1.165) is 25.8 Å². The van der Waals surface area contributed by atoms with Crippen LogP contribution in [0.3, 0.4) is 0 Å². The van der Waals surface area contributed by atoms with Gasteiger partial charge in [0.1, 0.15) is 4.60 Å². The maximum Gasteiger partial charge on any atom is 0.235 e. The molecule has 6 nitrogen and oxygen atoms in total. The van der Waals surface area contributed by atoms with E-state index in [0.29, 0.717) is 4.60 Å². The van der Waals surface area contributed by atoms with Crippen molar-refractivity contribution in [1.82, 2.24) is 15.3 Å². The van der Waals surface area contributed by atoms with Crippen LogP contribution in [0, 0.1) is 0 Å². The van der Waals surface area contributed by atoms with Gasteiger partial charge < -0.3 is 5.32 Å². The maximum absolute atomic E-state index is 11.9. The average molecular weight is 335 g/mol. The van der Waals surface area contributed by atoms with Crippen molar-refractivity contribution in [1.29, 1.82) is 0 Å². The van der Waals surface area contributed by atoms with Gasteiger partial charge in [-0.3, -0.25) is 4.72 Å². The third-order valence-electron chi connectivity index (χ3n) is 2.71. The molecule has 1 fully saturated rings. The molecule has 8 heteroatoms. The number of rotatable bonds is 4. The highest BCUT2D eigenvalue weighted by Crippen LogP contribution is 2.12. The topological polar surface area (TPSA) is 84.0 Å². The van der Waals surface area contributed by atoms with E-state index in [9.17, 15) is 8.42 Å². The van der Waals surface area contributed by atoms with Gasteiger partial charge in [-0.1, -0.05) is 6.42 Å². The van der Waals surface area contributed by atoms with E-state index in [1.807, 2.05) is 0 Å². The molecular formula is C10H15BrN4O2S. The van der Waals surface area contributed by atoms with Crippen molar-refractivity contribution < 1.29 is 8.42 Å². The largest absolute Gasteiger partial charge is 0.313 e. The summed E-state index contributed by atoms with van der Waals surface area (Å²) in [5, 5.41) is 3.21. The van der Waals surface area contributed by atoms with Crippen molar-refractivity contribution in [3.05, 3.63) is 17.0 Å². The van der Waals surface area contributed by atoms with E-state index in [1.165, 1.54) is 12.4 Å². The Labute approximate surface area is 115 Å². The number of hydrogen-bond donors (Lipinski definition) is 2. The lowest BCUT2D eigenvalue weighted by atomic mass is 10.1. The van der Waals surface area contributed by atoms with Crippen LogP contribution in [0.5, 0.6) is 0 Å². The third-order valence-corrected chi connectivity index (χ3v) is 4.48. The summed E-state index contributed by atoms with van der Waals surface area (Å²) in [6.45, 7) is 0.887. The van der Waals surface area contributed by atoms with E-state index >= 15 is 0 Å². The molecule has 2 rings (SSSR count). The standard InChI is InChI=1S/C10H15BrN4O2S/c11-9-5-14-10(6-13-9)15-18(16,17)7-8-3-1-2-4-12-8/h5-6,8,12H,1-4,7H2,(H,14,15). The monoisotopic (exact) mass is 334 g/mol. The predicted octanol–water partition coefficient (Wildman–Crippen LogP) is 1.12. The summed E-state index contributed by atoms with van der Waals surface area (Å²) in [5.74, 6) is 0.319. The molecule has 0 radical (unpaired) electrons. The van der Waals surface area contributed by atoms with Gasteiger partial charge in [0.15, 0.2) is 5.82 Å². The molecule has 100 valence electrons. The lowest BCUT2D eigenvalue weighted by molar-refractivity contribution is 0.424. The minimum absolute atomic E-state index is 0.0275. The summed E-state index contributed by atoms with van der Waals surface area (Å²) >= 11 is 3.14. The summed E-state index contributed by atoms with van der Waals surface area (Å²) in [7, 11) is -3.38. The Bertz CT molecular complexity index is 485. The lowest BCUT2D eigenvalue weighted by Crippen LogP contribution is -2.40. The Morgan fingerprint density at radius 3 is 2.83 bits per heavy atom. The zero-order valence-corrected chi connectivity index (χ0v) is 12.2. The van der Waals surface area contributed by atoms with Crippen LogP contribution in [-0.4, -0.2) is 36.7 Å². The van der Waals surface area contributed by atoms with Crippen LogP contribution in [0.4, 0.5) is 5.82 Å². The van der Waals surface area contributed by atoms with Crippen molar-refractivity contribution in [3.8, 4) is 0 Å². The first-order valence-electron chi connectivity index (χ1n) is 5.76. The Hall–Kier alpha value is -0.730. The number of anilines is 1. The molecule has 1 unspecified atom stereocenters. The Morgan fingerprint density at radius 1 is 1.39 bits per heavy atom. The predicted molar refractivity (Wildman–Crippen MR) is 72.8 cm³/mol. The molecule has 0 aromatic carbocycles. The van der Waals surface area contributed by atoms with Crippen molar-refractivity contribution in [2.24, 2.45) is 0 Å². The Balaban J connectivity index is 1.96. The summed E-state index contributed by atoms with van der Waals surface area (Å²) in [5.41, 5.74) is 0. The molecule has 1 aliphatic heterocycles. The summed E-state index contributed by atoms with van der Waals surface area (Å²) in [6, 6.07) is 0.0275. The molecule has 0 spiro atoms. The molecule has 1 aromatic heterocycles. The number of hydrogen-bond acceptors (Lipinski definition) is 5. The van der Waals surface area contributed by atoms with Crippen molar-refractivity contribution >= 4 is 31.8 Å². The van der Waals surface area contributed by atoms with E-state index in [-0.39, 0.29) is 17.6 Å². The van der Waals surface area contributed by atoms with Crippen LogP contribution in [-0.2, 0) is 10.0 Å². The highest BCUT2D eigenvalue weighted by Gasteiger charge is 2.21. The molecule has 0 bridgehead atoms. The zero-order chi connectivity index (χ0) is 13.0. The molecule has 18 heavy (non-hydrogen) atoms. The minimum Gasteiger partial charge on any atom is -0.313 e. The van der Waals surface area contributed by atoms with Gasteiger partial charge in [0, 0.05) is 6.04 Å². The van der Waals surface area contributed by atoms with Gasteiger partial charge in [0.25, 0.3) is 0 Å². The molecule has 0 saturated carbocycles. The second kappa shape index (κ2) is 5.94. The van der Waals surface area contributed by atoms with Gasteiger partial charge in [-0.25, -0.2) is 18.4 Å². The summed E-state index contributed by atoms with van der Waals surface area (Å²) < 4.78 is 26.8. The van der Waals surface area contributed by atoms with Gasteiger partial charge in [-0.2, -0.15) is 0 Å². The fourth-order valence-electron chi connectivity index (χ4n) is 1.90. The van der Waals surface area contributed by atoms with Crippen molar-refractivity contribution in [2.75, 3.05) is 17.0 Å². The quantitative estimate of drug-likeness (QED) is 0.862. The second-order valence-corrected chi connectivity index (χ2v) is 6.83. The van der Waals surface area contributed by atoms with Gasteiger partial charge >= 0.3 is 0 Å². The Morgan fingerprint density at radius 2 is 2.22 bits per heavy atom. The fraction of sp³-hybridized carbons (Fsp3) is 0.600. The number of halogens is 1. The summed E-state index contributed by atoms with van der Waals surface area (Å²) in [6.07, 6.45) is 5.92. The van der Waals surface area contributed by atoms with Crippen LogP contribution >= 0.6 is 15.9 Å². The highest BCUT2D eigenvalue weighted by atomic mass is 79.9.